The van der Waals surface area contributed by atoms with Crippen LogP contribution in [0.4, 0.5) is 11.4 Å². The summed E-state index contributed by atoms with van der Waals surface area (Å²) >= 11 is 0. The van der Waals surface area contributed by atoms with Crippen LogP contribution in [-0.2, 0) is 4.74 Å². The lowest BCUT2D eigenvalue weighted by atomic mass is 9.98. The van der Waals surface area contributed by atoms with Gasteiger partial charge < -0.3 is 4.74 Å². The minimum atomic E-state index is -0.595. The van der Waals surface area contributed by atoms with Crippen molar-refractivity contribution in [2.24, 2.45) is 0 Å². The molecule has 0 fully saturated rings. The number of hydrogen-bond acceptors (Lipinski definition) is 4. The number of rotatable bonds is 3. The Morgan fingerprint density at radius 3 is 2.67 bits per heavy atom. The van der Waals surface area contributed by atoms with Crippen molar-refractivity contribution in [3.8, 4) is 11.1 Å². The molecule has 0 heterocycles. The minimum absolute atomic E-state index is 0.0717. The van der Waals surface area contributed by atoms with Crippen molar-refractivity contribution in [3.63, 3.8) is 0 Å². The van der Waals surface area contributed by atoms with Crippen LogP contribution in [0.15, 0.2) is 42.5 Å². The maximum atomic E-state index is 11.8. The highest BCUT2D eigenvalue weighted by molar-refractivity contribution is 5.98. The number of methoxy groups -OCH3 is 1. The van der Waals surface area contributed by atoms with E-state index in [1.807, 2.05) is 0 Å². The maximum Gasteiger partial charge on any atom is 0.337 e. The summed E-state index contributed by atoms with van der Waals surface area (Å²) in [6.07, 6.45) is 0. The number of carbonyl (C=O) groups is 1. The molecule has 0 aliphatic heterocycles. The Kier molecular flexibility index (Phi) is 3.95. The van der Waals surface area contributed by atoms with Gasteiger partial charge >= 0.3 is 5.97 Å². The largest absolute Gasteiger partial charge is 0.465 e. The summed E-state index contributed by atoms with van der Waals surface area (Å²) in [4.78, 5) is 25.4. The van der Waals surface area contributed by atoms with Crippen molar-refractivity contribution >= 4 is 17.3 Å². The van der Waals surface area contributed by atoms with Crippen LogP contribution in [0.25, 0.3) is 16.0 Å². The zero-order chi connectivity index (χ0) is 15.4. The van der Waals surface area contributed by atoms with Gasteiger partial charge in [0.15, 0.2) is 5.69 Å². The van der Waals surface area contributed by atoms with Gasteiger partial charge in [-0.05, 0) is 17.2 Å². The summed E-state index contributed by atoms with van der Waals surface area (Å²) in [5, 5.41) is 10.8. The summed E-state index contributed by atoms with van der Waals surface area (Å²) in [6.45, 7) is 6.99. The van der Waals surface area contributed by atoms with Crippen molar-refractivity contribution in [2.45, 2.75) is 0 Å². The molecule has 0 aliphatic rings. The van der Waals surface area contributed by atoms with E-state index in [2.05, 4.69) is 4.85 Å². The predicted octanol–water partition coefficient (Wildman–Crippen LogP) is 3.60. The van der Waals surface area contributed by atoms with Gasteiger partial charge in [-0.3, -0.25) is 10.1 Å². The molecule has 6 nitrogen and oxygen atoms in total. The van der Waals surface area contributed by atoms with Gasteiger partial charge in [-0.2, -0.15) is 0 Å². The third kappa shape index (κ3) is 2.87. The molecule has 104 valence electrons. The number of hydrogen-bond donors (Lipinski definition) is 0. The van der Waals surface area contributed by atoms with E-state index in [0.717, 1.165) is 0 Å². The highest BCUT2D eigenvalue weighted by Crippen LogP contribution is 2.30. The summed E-state index contributed by atoms with van der Waals surface area (Å²) in [5.74, 6) is -0.595. The first kappa shape index (κ1) is 14.2. The topological polar surface area (TPSA) is 73.8 Å². The Morgan fingerprint density at radius 1 is 1.29 bits per heavy atom. The molecule has 0 atom stereocenters. The molecule has 2 rings (SSSR count). The van der Waals surface area contributed by atoms with Crippen LogP contribution in [0.3, 0.4) is 0 Å². The molecule has 21 heavy (non-hydrogen) atoms. The molecule has 2 aromatic carbocycles. The standard InChI is InChI=1S/C15H10N2O4/c1-16-11-6-7-13(14(9-11)15(18)21-2)10-4-3-5-12(8-10)17(19)20/h3-9H,2H3. The number of nitro groups is 1. The lowest BCUT2D eigenvalue weighted by Gasteiger charge is -2.08. The fourth-order valence-electron chi connectivity index (χ4n) is 1.92. The van der Waals surface area contributed by atoms with E-state index in [1.165, 1.54) is 31.4 Å². The number of nitrogens with zero attached hydrogens (tertiary/aromatic N) is 2. The lowest BCUT2D eigenvalue weighted by molar-refractivity contribution is -0.384. The molecule has 0 unspecified atom stereocenters. The van der Waals surface area contributed by atoms with Gasteiger partial charge in [-0.25, -0.2) is 9.64 Å². The van der Waals surface area contributed by atoms with E-state index in [1.54, 1.807) is 18.2 Å². The maximum absolute atomic E-state index is 11.8. The zero-order valence-corrected chi connectivity index (χ0v) is 11.1. The SMILES string of the molecule is [C-]#[N+]c1ccc(-c2cccc([N+](=O)[O-])c2)c(C(=O)OC)c1. The molecule has 0 aromatic heterocycles. The summed E-state index contributed by atoms with van der Waals surface area (Å²) in [6, 6.07) is 10.5. The van der Waals surface area contributed by atoms with Gasteiger partial charge in [-0.1, -0.05) is 24.3 Å². The molecule has 0 saturated carbocycles. The molecule has 0 spiro atoms. The fraction of sp³-hybridized carbons (Fsp3) is 0.0667. The second-order valence-electron chi connectivity index (χ2n) is 4.14. The van der Waals surface area contributed by atoms with Crippen molar-refractivity contribution in [1.82, 2.24) is 0 Å². The number of non-ortho nitro benzene ring substituents is 1. The second-order valence-corrected chi connectivity index (χ2v) is 4.14. The Morgan fingerprint density at radius 2 is 2.05 bits per heavy atom. The monoisotopic (exact) mass is 282 g/mol. The Bertz CT molecular complexity index is 763. The Labute approximate surface area is 120 Å². The highest BCUT2D eigenvalue weighted by atomic mass is 16.6. The normalized spacial score (nSPS) is 9.71. The zero-order valence-electron chi connectivity index (χ0n) is 11.1. The first-order valence-electron chi connectivity index (χ1n) is 5.91. The third-order valence-electron chi connectivity index (χ3n) is 2.91. The van der Waals surface area contributed by atoms with Crippen LogP contribution in [0, 0.1) is 16.7 Å². The van der Waals surface area contributed by atoms with Crippen molar-refractivity contribution in [1.29, 1.82) is 0 Å². The van der Waals surface area contributed by atoms with Crippen LogP contribution in [-0.4, -0.2) is 18.0 Å². The molecule has 0 N–H and O–H groups in total. The highest BCUT2D eigenvalue weighted by Gasteiger charge is 2.16. The van der Waals surface area contributed by atoms with Crippen LogP contribution in [0.5, 0.6) is 0 Å². The number of carbonyl (C=O) groups excluding carboxylic acids is 1. The Balaban J connectivity index is 2.63. The fourth-order valence-corrected chi connectivity index (χ4v) is 1.92. The van der Waals surface area contributed by atoms with Crippen LogP contribution >= 0.6 is 0 Å². The van der Waals surface area contributed by atoms with E-state index in [-0.39, 0.29) is 11.3 Å². The first-order chi connectivity index (χ1) is 10.1. The quantitative estimate of drug-likeness (QED) is 0.373. The molecule has 0 saturated heterocycles. The third-order valence-corrected chi connectivity index (χ3v) is 2.91. The van der Waals surface area contributed by atoms with Gasteiger partial charge in [0.05, 0.1) is 24.2 Å². The molecular formula is C15H10N2O4. The van der Waals surface area contributed by atoms with Crippen molar-refractivity contribution in [3.05, 3.63) is 69.6 Å². The summed E-state index contributed by atoms with van der Waals surface area (Å²) < 4.78 is 4.70. The van der Waals surface area contributed by atoms with Gasteiger partial charge in [0.25, 0.3) is 5.69 Å². The molecule has 2 aromatic rings. The second kappa shape index (κ2) is 5.84. The number of nitro benzene ring substituents is 1. The smallest absolute Gasteiger partial charge is 0.337 e. The van der Waals surface area contributed by atoms with Crippen LogP contribution in [0.2, 0.25) is 0 Å². The lowest BCUT2D eigenvalue weighted by Crippen LogP contribution is -2.03. The molecule has 0 radical (unpaired) electrons. The molecule has 6 heteroatoms. The summed E-state index contributed by atoms with van der Waals surface area (Å²) in [5.41, 5.74) is 1.42. The molecule has 0 bridgehead atoms. The van der Waals surface area contributed by atoms with Gasteiger partial charge in [0.2, 0.25) is 0 Å². The molecule has 0 amide bonds. The van der Waals surface area contributed by atoms with E-state index < -0.39 is 10.9 Å². The van der Waals surface area contributed by atoms with Gasteiger partial charge in [0, 0.05) is 12.1 Å². The average Bonchev–Trinajstić information content (AvgIpc) is 2.53. The predicted molar refractivity (Wildman–Crippen MR) is 76.1 cm³/mol. The molecule has 0 aliphatic carbocycles. The van der Waals surface area contributed by atoms with Crippen LogP contribution in [0.1, 0.15) is 10.4 Å². The summed E-state index contributed by atoms with van der Waals surface area (Å²) in [7, 11) is 1.24. The molecular weight excluding hydrogens is 272 g/mol. The number of esters is 1. The van der Waals surface area contributed by atoms with Gasteiger partial charge in [0.1, 0.15) is 0 Å². The van der Waals surface area contributed by atoms with E-state index in [4.69, 9.17) is 11.3 Å². The first-order valence-corrected chi connectivity index (χ1v) is 5.91. The average molecular weight is 282 g/mol. The van der Waals surface area contributed by atoms with E-state index in [0.29, 0.717) is 16.8 Å². The van der Waals surface area contributed by atoms with Gasteiger partial charge in [-0.15, -0.1) is 0 Å². The van der Waals surface area contributed by atoms with Crippen molar-refractivity contribution < 1.29 is 14.5 Å². The van der Waals surface area contributed by atoms with E-state index in [9.17, 15) is 14.9 Å². The van der Waals surface area contributed by atoms with Crippen molar-refractivity contribution in [2.75, 3.05) is 7.11 Å². The van der Waals surface area contributed by atoms with E-state index >= 15 is 0 Å². The number of benzene rings is 2. The number of ether oxygens (including phenoxy) is 1. The minimum Gasteiger partial charge on any atom is -0.465 e. The van der Waals surface area contributed by atoms with Crippen LogP contribution < -0.4 is 0 Å². The Hall–Kier alpha value is -3.20.